The Morgan fingerprint density at radius 1 is 1.23 bits per heavy atom. The molecule has 2 amide bonds. The predicted octanol–water partition coefficient (Wildman–Crippen LogP) is 3.25. The summed E-state index contributed by atoms with van der Waals surface area (Å²) >= 11 is 0. The van der Waals surface area contributed by atoms with Gasteiger partial charge in [-0.3, -0.25) is 0 Å². The van der Waals surface area contributed by atoms with Gasteiger partial charge in [0.2, 0.25) is 0 Å². The molecule has 0 saturated carbocycles. The van der Waals surface area contributed by atoms with Crippen LogP contribution in [0.25, 0.3) is 0 Å². The minimum atomic E-state index is -0.284. The lowest BCUT2D eigenvalue weighted by Gasteiger charge is -2.22. The van der Waals surface area contributed by atoms with E-state index in [1.54, 1.807) is 0 Å². The summed E-state index contributed by atoms with van der Waals surface area (Å²) in [6.07, 6.45) is 0.538. The van der Waals surface area contributed by atoms with E-state index in [1.165, 1.54) is 0 Å². The zero-order valence-corrected chi connectivity index (χ0v) is 13.9. The topological polar surface area (TPSA) is 70.6 Å². The second kappa shape index (κ2) is 9.30. The molecule has 1 aromatic rings. The Bertz CT molecular complexity index is 461. The van der Waals surface area contributed by atoms with Crippen molar-refractivity contribution in [3.05, 3.63) is 24.3 Å². The molecule has 0 bridgehead atoms. The van der Waals surface area contributed by atoms with Crippen LogP contribution in [0.2, 0.25) is 0 Å². The van der Waals surface area contributed by atoms with Gasteiger partial charge in [0.05, 0.1) is 12.3 Å². The number of benzene rings is 1. The molecule has 5 heteroatoms. The van der Waals surface area contributed by atoms with Crippen molar-refractivity contribution in [2.45, 2.75) is 40.2 Å². The summed E-state index contributed by atoms with van der Waals surface area (Å²) in [6, 6.07) is 7.03. The summed E-state index contributed by atoms with van der Waals surface area (Å²) in [7, 11) is 0. The van der Waals surface area contributed by atoms with Crippen molar-refractivity contribution in [2.75, 3.05) is 18.5 Å². The first kappa shape index (κ1) is 18.3. The zero-order valence-electron chi connectivity index (χ0n) is 13.9. The van der Waals surface area contributed by atoms with Crippen molar-refractivity contribution >= 4 is 11.7 Å². The van der Waals surface area contributed by atoms with E-state index in [2.05, 4.69) is 24.5 Å². The maximum atomic E-state index is 12.1. The lowest BCUT2D eigenvalue weighted by atomic mass is 10.0. The van der Waals surface area contributed by atoms with Gasteiger partial charge in [-0.25, -0.2) is 4.79 Å². The van der Waals surface area contributed by atoms with Crippen LogP contribution in [0.15, 0.2) is 24.3 Å². The second-order valence-corrected chi connectivity index (χ2v) is 6.16. The number of aliphatic hydroxyl groups is 1. The van der Waals surface area contributed by atoms with E-state index < -0.39 is 0 Å². The maximum Gasteiger partial charge on any atom is 0.319 e. The molecule has 1 rings (SSSR count). The fourth-order valence-corrected chi connectivity index (χ4v) is 1.99. The third kappa shape index (κ3) is 6.35. The number of ether oxygens (including phenoxy) is 1. The lowest BCUT2D eigenvalue weighted by Crippen LogP contribution is -2.41. The van der Waals surface area contributed by atoms with Crippen LogP contribution in [0.5, 0.6) is 5.75 Å². The smallest absolute Gasteiger partial charge is 0.319 e. The standard InChI is InChI=1S/C17H28N2O3/c1-12(2)11-22-16-8-6-5-7-15(16)19-17(21)18-14(9-10-20)13(3)4/h5-8,12-14,20H,9-11H2,1-4H3,(H2,18,19,21). The Labute approximate surface area is 133 Å². The van der Waals surface area contributed by atoms with Gasteiger partial charge in [-0.2, -0.15) is 0 Å². The van der Waals surface area contributed by atoms with Crippen LogP contribution in [0, 0.1) is 11.8 Å². The van der Waals surface area contributed by atoms with Gasteiger partial charge >= 0.3 is 6.03 Å². The molecule has 5 nitrogen and oxygen atoms in total. The lowest BCUT2D eigenvalue weighted by molar-refractivity contribution is 0.227. The van der Waals surface area contributed by atoms with Crippen LogP contribution >= 0.6 is 0 Å². The largest absolute Gasteiger partial charge is 0.491 e. The summed E-state index contributed by atoms with van der Waals surface area (Å²) in [5.41, 5.74) is 0.646. The monoisotopic (exact) mass is 308 g/mol. The van der Waals surface area contributed by atoms with Gasteiger partial charge in [0.25, 0.3) is 0 Å². The maximum absolute atomic E-state index is 12.1. The number of carbonyl (C=O) groups is 1. The molecule has 0 spiro atoms. The minimum absolute atomic E-state index is 0.0528. The molecule has 0 radical (unpaired) electrons. The number of nitrogens with one attached hydrogen (secondary N) is 2. The molecular weight excluding hydrogens is 280 g/mol. The highest BCUT2D eigenvalue weighted by atomic mass is 16.5. The molecule has 0 saturated heterocycles. The molecule has 22 heavy (non-hydrogen) atoms. The van der Waals surface area contributed by atoms with Crippen LogP contribution in [0.1, 0.15) is 34.1 Å². The number of amides is 2. The molecule has 0 aliphatic heterocycles. The first-order chi connectivity index (χ1) is 10.4. The summed E-state index contributed by atoms with van der Waals surface area (Å²) in [4.78, 5) is 12.1. The van der Waals surface area contributed by atoms with Gasteiger partial charge in [0.1, 0.15) is 5.75 Å². The summed E-state index contributed by atoms with van der Waals surface area (Å²) in [5.74, 6) is 1.33. The Hall–Kier alpha value is -1.75. The highest BCUT2D eigenvalue weighted by Gasteiger charge is 2.16. The second-order valence-electron chi connectivity index (χ2n) is 6.16. The molecular formula is C17H28N2O3. The van der Waals surface area contributed by atoms with Crippen molar-refractivity contribution in [1.29, 1.82) is 0 Å². The van der Waals surface area contributed by atoms with Gasteiger partial charge < -0.3 is 20.5 Å². The van der Waals surface area contributed by atoms with Gasteiger partial charge in [-0.1, -0.05) is 39.8 Å². The first-order valence-electron chi connectivity index (χ1n) is 7.84. The number of anilines is 1. The van der Waals surface area contributed by atoms with E-state index in [0.717, 1.165) is 0 Å². The Balaban J connectivity index is 2.67. The van der Waals surface area contributed by atoms with E-state index in [1.807, 2.05) is 38.1 Å². The normalized spacial score (nSPS) is 12.3. The number of aliphatic hydroxyl groups excluding tert-OH is 1. The average molecular weight is 308 g/mol. The minimum Gasteiger partial charge on any atom is -0.491 e. The van der Waals surface area contributed by atoms with Crippen molar-refractivity contribution in [1.82, 2.24) is 5.32 Å². The van der Waals surface area contributed by atoms with Gasteiger partial charge in [-0.05, 0) is 30.4 Å². The summed E-state index contributed by atoms with van der Waals surface area (Å²) in [5, 5.41) is 14.8. The van der Waals surface area contributed by atoms with Gasteiger partial charge in [0.15, 0.2) is 0 Å². The average Bonchev–Trinajstić information content (AvgIpc) is 2.45. The van der Waals surface area contributed by atoms with E-state index in [4.69, 9.17) is 9.84 Å². The summed E-state index contributed by atoms with van der Waals surface area (Å²) < 4.78 is 5.72. The van der Waals surface area contributed by atoms with E-state index in [0.29, 0.717) is 30.4 Å². The Morgan fingerprint density at radius 3 is 2.50 bits per heavy atom. The molecule has 0 aromatic heterocycles. The predicted molar refractivity (Wildman–Crippen MR) is 89.3 cm³/mol. The molecule has 0 fully saturated rings. The third-order valence-electron chi connectivity index (χ3n) is 3.27. The van der Waals surface area contributed by atoms with E-state index in [-0.39, 0.29) is 24.6 Å². The molecule has 124 valence electrons. The zero-order chi connectivity index (χ0) is 16.5. The number of carbonyl (C=O) groups excluding carboxylic acids is 1. The number of hydrogen-bond donors (Lipinski definition) is 3. The molecule has 0 heterocycles. The van der Waals surface area contributed by atoms with Crippen molar-refractivity contribution in [2.24, 2.45) is 11.8 Å². The number of rotatable bonds is 8. The van der Waals surface area contributed by atoms with Crippen LogP contribution in [-0.4, -0.2) is 30.4 Å². The number of hydrogen-bond acceptors (Lipinski definition) is 3. The third-order valence-corrected chi connectivity index (χ3v) is 3.27. The Morgan fingerprint density at radius 2 is 1.91 bits per heavy atom. The fraction of sp³-hybridized carbons (Fsp3) is 0.588. The summed E-state index contributed by atoms with van der Waals surface area (Å²) in [6.45, 7) is 8.83. The molecule has 1 atom stereocenters. The number of urea groups is 1. The number of para-hydroxylation sites is 2. The fourth-order valence-electron chi connectivity index (χ4n) is 1.99. The van der Waals surface area contributed by atoms with Crippen LogP contribution in [0.3, 0.4) is 0 Å². The van der Waals surface area contributed by atoms with Crippen molar-refractivity contribution < 1.29 is 14.6 Å². The molecule has 3 N–H and O–H groups in total. The van der Waals surface area contributed by atoms with E-state index in [9.17, 15) is 4.79 Å². The van der Waals surface area contributed by atoms with Crippen LogP contribution in [0.4, 0.5) is 10.5 Å². The Kier molecular flexibility index (Phi) is 7.74. The molecule has 0 aliphatic rings. The van der Waals surface area contributed by atoms with Gasteiger partial charge in [-0.15, -0.1) is 0 Å². The molecule has 0 aliphatic carbocycles. The first-order valence-corrected chi connectivity index (χ1v) is 7.84. The molecule has 1 unspecified atom stereocenters. The SMILES string of the molecule is CC(C)COc1ccccc1NC(=O)NC(CCO)C(C)C. The van der Waals surface area contributed by atoms with Gasteiger partial charge in [0, 0.05) is 12.6 Å². The van der Waals surface area contributed by atoms with Crippen molar-refractivity contribution in [3.63, 3.8) is 0 Å². The highest BCUT2D eigenvalue weighted by molar-refractivity contribution is 5.91. The van der Waals surface area contributed by atoms with Crippen LogP contribution in [-0.2, 0) is 0 Å². The quantitative estimate of drug-likeness (QED) is 0.690. The highest BCUT2D eigenvalue weighted by Crippen LogP contribution is 2.24. The van der Waals surface area contributed by atoms with Crippen LogP contribution < -0.4 is 15.4 Å². The van der Waals surface area contributed by atoms with Crippen molar-refractivity contribution in [3.8, 4) is 5.75 Å². The molecule has 1 aromatic carbocycles. The van der Waals surface area contributed by atoms with E-state index >= 15 is 0 Å².